The van der Waals surface area contributed by atoms with Crippen LogP contribution >= 0.6 is 0 Å². The quantitative estimate of drug-likeness (QED) is 0.442. The molecular formula is C15H13NO4. The van der Waals surface area contributed by atoms with Crippen LogP contribution in [0.3, 0.4) is 0 Å². The van der Waals surface area contributed by atoms with E-state index in [4.69, 9.17) is 10.2 Å². The fraction of sp³-hybridized carbons (Fsp3) is 0.0667. The Hall–Kier alpha value is -2.82. The van der Waals surface area contributed by atoms with E-state index in [1.54, 1.807) is 6.20 Å². The van der Waals surface area contributed by atoms with Gasteiger partial charge in [-0.25, -0.2) is 4.79 Å². The number of H-pyrrole nitrogens is 1. The summed E-state index contributed by atoms with van der Waals surface area (Å²) >= 11 is 0. The smallest absolute Gasteiger partial charge is 0.371 e. The molecule has 0 spiro atoms. The van der Waals surface area contributed by atoms with Crippen LogP contribution in [0.5, 0.6) is 0 Å². The molecule has 0 aliphatic rings. The standard InChI is InChI=1S/C15H13NO4/c17-13(7-14(18)15(19)20)12-9-16-8-11(12)6-10-4-2-1-3-5-10/h1-5,7-9,16,18H,6H2,(H,19,20)/b14-7-. The van der Waals surface area contributed by atoms with E-state index in [0.29, 0.717) is 18.1 Å². The largest absolute Gasteiger partial charge is 0.502 e. The summed E-state index contributed by atoms with van der Waals surface area (Å²) in [5, 5.41) is 17.7. The molecule has 0 unspecified atom stereocenters. The monoisotopic (exact) mass is 271 g/mol. The molecule has 5 nitrogen and oxygen atoms in total. The second-order valence-corrected chi connectivity index (χ2v) is 4.26. The number of hydrogen-bond donors (Lipinski definition) is 3. The lowest BCUT2D eigenvalue weighted by Gasteiger charge is -2.01. The number of ketones is 1. The third-order valence-electron chi connectivity index (χ3n) is 2.82. The molecule has 0 radical (unpaired) electrons. The molecular weight excluding hydrogens is 258 g/mol. The summed E-state index contributed by atoms with van der Waals surface area (Å²) < 4.78 is 0. The van der Waals surface area contributed by atoms with E-state index in [1.807, 2.05) is 30.3 Å². The van der Waals surface area contributed by atoms with Crippen molar-refractivity contribution >= 4 is 11.8 Å². The van der Waals surface area contributed by atoms with Crippen LogP contribution in [-0.2, 0) is 11.2 Å². The highest BCUT2D eigenvalue weighted by Gasteiger charge is 2.14. The first kappa shape index (κ1) is 13.6. The Morgan fingerprint density at radius 3 is 2.45 bits per heavy atom. The van der Waals surface area contributed by atoms with Crippen molar-refractivity contribution in [2.45, 2.75) is 6.42 Å². The predicted octanol–water partition coefficient (Wildman–Crippen LogP) is 2.31. The normalized spacial score (nSPS) is 11.3. The SMILES string of the molecule is O=C(O)/C(O)=C/C(=O)c1c[nH]cc1Cc1ccccc1. The van der Waals surface area contributed by atoms with Gasteiger partial charge in [0.2, 0.25) is 5.76 Å². The van der Waals surface area contributed by atoms with Gasteiger partial charge in [-0.3, -0.25) is 4.79 Å². The van der Waals surface area contributed by atoms with Gasteiger partial charge in [0.15, 0.2) is 5.78 Å². The van der Waals surface area contributed by atoms with Crippen LogP contribution < -0.4 is 0 Å². The van der Waals surface area contributed by atoms with Crippen molar-refractivity contribution < 1.29 is 19.8 Å². The summed E-state index contributed by atoms with van der Waals surface area (Å²) in [6, 6.07) is 9.58. The van der Waals surface area contributed by atoms with Gasteiger partial charge < -0.3 is 15.2 Å². The summed E-state index contributed by atoms with van der Waals surface area (Å²) in [4.78, 5) is 25.2. The minimum Gasteiger partial charge on any atom is -0.502 e. The number of allylic oxidation sites excluding steroid dienone is 1. The van der Waals surface area contributed by atoms with Crippen LogP contribution in [0.1, 0.15) is 21.5 Å². The summed E-state index contributed by atoms with van der Waals surface area (Å²) in [5.74, 6) is -3.04. The molecule has 0 saturated heterocycles. The zero-order valence-corrected chi connectivity index (χ0v) is 10.5. The van der Waals surface area contributed by atoms with Gasteiger partial charge in [0.05, 0.1) is 0 Å². The summed E-state index contributed by atoms with van der Waals surface area (Å²) in [6.45, 7) is 0. The number of rotatable bonds is 5. The lowest BCUT2D eigenvalue weighted by atomic mass is 10.0. The van der Waals surface area contributed by atoms with Crippen molar-refractivity contribution in [3.05, 3.63) is 71.3 Å². The molecule has 0 bridgehead atoms. The molecule has 1 heterocycles. The number of aliphatic hydroxyl groups is 1. The second-order valence-electron chi connectivity index (χ2n) is 4.26. The first-order chi connectivity index (χ1) is 9.58. The third kappa shape index (κ3) is 3.14. The van der Waals surface area contributed by atoms with E-state index in [0.717, 1.165) is 11.1 Å². The molecule has 2 aromatic rings. The van der Waals surface area contributed by atoms with Crippen LogP contribution in [0.2, 0.25) is 0 Å². The lowest BCUT2D eigenvalue weighted by Crippen LogP contribution is -2.05. The van der Waals surface area contributed by atoms with Gasteiger partial charge in [-0.1, -0.05) is 30.3 Å². The molecule has 0 aliphatic heterocycles. The van der Waals surface area contributed by atoms with E-state index in [1.165, 1.54) is 6.20 Å². The maximum Gasteiger partial charge on any atom is 0.371 e. The Bertz CT molecular complexity index is 656. The van der Waals surface area contributed by atoms with Crippen molar-refractivity contribution in [3.8, 4) is 0 Å². The minimum absolute atomic E-state index is 0.349. The zero-order chi connectivity index (χ0) is 14.5. The fourth-order valence-electron chi connectivity index (χ4n) is 1.85. The van der Waals surface area contributed by atoms with Gasteiger partial charge in [0.1, 0.15) is 0 Å². The average molecular weight is 271 g/mol. The van der Waals surface area contributed by atoms with Crippen molar-refractivity contribution in [3.63, 3.8) is 0 Å². The molecule has 3 N–H and O–H groups in total. The number of carboxylic acid groups (broad SMARTS) is 1. The van der Waals surface area contributed by atoms with E-state index < -0.39 is 17.5 Å². The van der Waals surface area contributed by atoms with E-state index in [9.17, 15) is 9.59 Å². The van der Waals surface area contributed by atoms with Crippen LogP contribution in [-0.4, -0.2) is 26.9 Å². The number of carbonyl (C=O) groups excluding carboxylic acids is 1. The Balaban J connectivity index is 2.23. The predicted molar refractivity (Wildman–Crippen MR) is 72.7 cm³/mol. The van der Waals surface area contributed by atoms with Crippen LogP contribution in [0.15, 0.2) is 54.6 Å². The molecule has 102 valence electrons. The van der Waals surface area contributed by atoms with Crippen molar-refractivity contribution in [1.29, 1.82) is 0 Å². The Labute approximate surface area is 115 Å². The maximum absolute atomic E-state index is 11.9. The zero-order valence-electron chi connectivity index (χ0n) is 10.5. The molecule has 1 aromatic heterocycles. The van der Waals surface area contributed by atoms with Gasteiger partial charge in [-0.2, -0.15) is 0 Å². The van der Waals surface area contributed by atoms with E-state index >= 15 is 0 Å². The van der Waals surface area contributed by atoms with Gasteiger partial charge >= 0.3 is 5.97 Å². The topological polar surface area (TPSA) is 90.4 Å². The minimum atomic E-state index is -1.53. The number of benzene rings is 1. The molecule has 5 heteroatoms. The number of carbonyl (C=O) groups is 2. The average Bonchev–Trinajstić information content (AvgIpc) is 2.88. The van der Waals surface area contributed by atoms with E-state index in [2.05, 4.69) is 4.98 Å². The number of carboxylic acids is 1. The Morgan fingerprint density at radius 1 is 1.10 bits per heavy atom. The Kier molecular flexibility index (Phi) is 4.00. The van der Waals surface area contributed by atoms with Crippen LogP contribution in [0, 0.1) is 0 Å². The third-order valence-corrected chi connectivity index (χ3v) is 2.82. The van der Waals surface area contributed by atoms with Crippen molar-refractivity contribution in [2.24, 2.45) is 0 Å². The summed E-state index contributed by atoms with van der Waals surface area (Å²) in [5.41, 5.74) is 2.13. The molecule has 0 saturated carbocycles. The lowest BCUT2D eigenvalue weighted by molar-refractivity contribution is -0.135. The number of nitrogens with one attached hydrogen (secondary N) is 1. The Morgan fingerprint density at radius 2 is 1.80 bits per heavy atom. The van der Waals surface area contributed by atoms with Gasteiger partial charge in [-0.15, -0.1) is 0 Å². The number of aliphatic hydroxyl groups excluding tert-OH is 1. The number of aromatic amines is 1. The fourth-order valence-corrected chi connectivity index (χ4v) is 1.85. The van der Waals surface area contributed by atoms with Crippen molar-refractivity contribution in [1.82, 2.24) is 4.98 Å². The molecule has 0 fully saturated rings. The van der Waals surface area contributed by atoms with Gasteiger partial charge in [0.25, 0.3) is 0 Å². The first-order valence-corrected chi connectivity index (χ1v) is 5.96. The molecule has 1 aromatic carbocycles. The number of hydrogen-bond acceptors (Lipinski definition) is 3. The maximum atomic E-state index is 11.9. The number of aliphatic carboxylic acids is 1. The van der Waals surface area contributed by atoms with Crippen LogP contribution in [0.25, 0.3) is 0 Å². The molecule has 0 amide bonds. The molecule has 20 heavy (non-hydrogen) atoms. The highest BCUT2D eigenvalue weighted by molar-refractivity contribution is 6.08. The molecule has 0 aliphatic carbocycles. The summed E-state index contributed by atoms with van der Waals surface area (Å²) in [7, 11) is 0. The van der Waals surface area contributed by atoms with Crippen molar-refractivity contribution in [2.75, 3.05) is 0 Å². The van der Waals surface area contributed by atoms with Gasteiger partial charge in [-0.05, 0) is 17.5 Å². The van der Waals surface area contributed by atoms with E-state index in [-0.39, 0.29) is 0 Å². The van der Waals surface area contributed by atoms with Gasteiger partial charge in [0, 0.05) is 24.0 Å². The highest BCUT2D eigenvalue weighted by atomic mass is 16.4. The highest BCUT2D eigenvalue weighted by Crippen LogP contribution is 2.15. The summed E-state index contributed by atoms with van der Waals surface area (Å²) in [6.07, 6.45) is 4.44. The van der Waals surface area contributed by atoms with Crippen LogP contribution in [0.4, 0.5) is 0 Å². The molecule has 0 atom stereocenters. The molecule has 2 rings (SSSR count). The second kappa shape index (κ2) is 5.88. The number of aromatic nitrogens is 1. The first-order valence-electron chi connectivity index (χ1n) is 5.96.